The molecule has 0 bridgehead atoms. The van der Waals surface area contributed by atoms with Crippen molar-refractivity contribution in [3.05, 3.63) is 53.6 Å². The summed E-state index contributed by atoms with van der Waals surface area (Å²) >= 11 is 0. The van der Waals surface area contributed by atoms with Crippen LogP contribution in [0.25, 0.3) is 0 Å². The third-order valence-electron chi connectivity index (χ3n) is 4.99. The lowest BCUT2D eigenvalue weighted by atomic mass is 10.1. The first-order valence-corrected chi connectivity index (χ1v) is 9.98. The Balaban J connectivity index is 1.51. The number of Topliss-reactive ketones (excluding diaryl/α,β-unsaturated/α-hetero) is 1. The van der Waals surface area contributed by atoms with Crippen LogP contribution in [-0.4, -0.2) is 31.4 Å². The standard InChI is InChI=1S/C23H28N2O3/c1-3-28-20-9-6-18(7-10-20)22(26)12-13-23(27)24-19-8-11-21(17(2)16-19)25-14-4-5-15-25/h6-11,16H,3-5,12-15H2,1-2H3,(H,24,27). The van der Waals surface area contributed by atoms with Crippen molar-refractivity contribution in [2.24, 2.45) is 0 Å². The lowest BCUT2D eigenvalue weighted by molar-refractivity contribution is -0.116. The average molecular weight is 380 g/mol. The highest BCUT2D eigenvalue weighted by Gasteiger charge is 2.15. The molecule has 5 heteroatoms. The minimum atomic E-state index is -0.146. The Kier molecular flexibility index (Phi) is 6.69. The summed E-state index contributed by atoms with van der Waals surface area (Å²) < 4.78 is 5.38. The van der Waals surface area contributed by atoms with Crippen LogP contribution in [-0.2, 0) is 4.79 Å². The Morgan fingerprint density at radius 2 is 1.75 bits per heavy atom. The van der Waals surface area contributed by atoms with Gasteiger partial charge in [0.05, 0.1) is 6.61 Å². The van der Waals surface area contributed by atoms with Gasteiger partial charge in [-0.2, -0.15) is 0 Å². The molecular formula is C23H28N2O3. The van der Waals surface area contributed by atoms with Gasteiger partial charge in [0.2, 0.25) is 5.91 Å². The van der Waals surface area contributed by atoms with E-state index in [1.54, 1.807) is 24.3 Å². The maximum absolute atomic E-state index is 12.3. The molecule has 0 saturated carbocycles. The van der Waals surface area contributed by atoms with E-state index in [9.17, 15) is 9.59 Å². The van der Waals surface area contributed by atoms with Crippen LogP contribution in [0.3, 0.4) is 0 Å². The van der Waals surface area contributed by atoms with Crippen LogP contribution < -0.4 is 15.0 Å². The lowest BCUT2D eigenvalue weighted by Gasteiger charge is -2.20. The summed E-state index contributed by atoms with van der Waals surface area (Å²) in [5, 5.41) is 2.90. The van der Waals surface area contributed by atoms with Crippen LogP contribution >= 0.6 is 0 Å². The van der Waals surface area contributed by atoms with E-state index >= 15 is 0 Å². The van der Waals surface area contributed by atoms with Gasteiger partial charge in [-0.25, -0.2) is 0 Å². The number of hydrogen-bond acceptors (Lipinski definition) is 4. The number of aryl methyl sites for hydroxylation is 1. The van der Waals surface area contributed by atoms with Crippen molar-refractivity contribution < 1.29 is 14.3 Å². The fourth-order valence-corrected chi connectivity index (χ4v) is 3.54. The maximum Gasteiger partial charge on any atom is 0.224 e. The van der Waals surface area contributed by atoms with Crippen molar-refractivity contribution in [2.75, 3.05) is 29.9 Å². The van der Waals surface area contributed by atoms with E-state index in [2.05, 4.69) is 23.2 Å². The van der Waals surface area contributed by atoms with Crippen molar-refractivity contribution in [3.8, 4) is 5.75 Å². The molecule has 148 valence electrons. The highest BCUT2D eigenvalue weighted by atomic mass is 16.5. The molecule has 0 radical (unpaired) electrons. The van der Waals surface area contributed by atoms with E-state index in [0.717, 1.165) is 30.1 Å². The molecule has 2 aromatic rings. The molecule has 1 saturated heterocycles. The van der Waals surface area contributed by atoms with Crippen molar-refractivity contribution >= 4 is 23.1 Å². The van der Waals surface area contributed by atoms with Crippen LogP contribution in [0.5, 0.6) is 5.75 Å². The SMILES string of the molecule is CCOc1ccc(C(=O)CCC(=O)Nc2ccc(N3CCCC3)c(C)c2)cc1. The second-order valence-electron chi connectivity index (χ2n) is 7.12. The second kappa shape index (κ2) is 9.40. The molecule has 1 aliphatic heterocycles. The predicted molar refractivity (Wildman–Crippen MR) is 112 cm³/mol. The fraction of sp³-hybridized carbons (Fsp3) is 0.391. The first kappa shape index (κ1) is 19.9. The number of benzene rings is 2. The van der Waals surface area contributed by atoms with E-state index in [1.807, 2.05) is 19.1 Å². The van der Waals surface area contributed by atoms with Crippen molar-refractivity contribution in [1.29, 1.82) is 0 Å². The minimum Gasteiger partial charge on any atom is -0.494 e. The number of nitrogens with zero attached hydrogens (tertiary/aromatic N) is 1. The molecule has 28 heavy (non-hydrogen) atoms. The number of amides is 1. The number of carbonyl (C=O) groups is 2. The molecule has 0 spiro atoms. The number of rotatable bonds is 8. The van der Waals surface area contributed by atoms with Gasteiger partial charge in [0.1, 0.15) is 5.75 Å². The van der Waals surface area contributed by atoms with Crippen LogP contribution in [0.2, 0.25) is 0 Å². The zero-order valence-corrected chi connectivity index (χ0v) is 16.7. The number of ketones is 1. The van der Waals surface area contributed by atoms with E-state index in [-0.39, 0.29) is 24.5 Å². The number of hydrogen-bond donors (Lipinski definition) is 1. The Bertz CT molecular complexity index is 824. The third kappa shape index (κ3) is 5.12. The summed E-state index contributed by atoms with van der Waals surface area (Å²) in [5.41, 5.74) is 3.77. The van der Waals surface area contributed by atoms with Crippen molar-refractivity contribution in [2.45, 2.75) is 39.5 Å². The van der Waals surface area contributed by atoms with Gasteiger partial charge in [-0.1, -0.05) is 0 Å². The quantitative estimate of drug-likeness (QED) is 0.680. The number of carbonyl (C=O) groups excluding carboxylic acids is 2. The molecule has 1 aliphatic rings. The zero-order chi connectivity index (χ0) is 19.9. The molecule has 0 aromatic heterocycles. The first-order chi connectivity index (χ1) is 13.6. The summed E-state index contributed by atoms with van der Waals surface area (Å²) in [6, 6.07) is 13.0. The van der Waals surface area contributed by atoms with E-state index in [1.165, 1.54) is 18.5 Å². The van der Waals surface area contributed by atoms with E-state index in [4.69, 9.17) is 4.74 Å². The Morgan fingerprint density at radius 1 is 1.04 bits per heavy atom. The average Bonchev–Trinajstić information content (AvgIpc) is 3.21. The van der Waals surface area contributed by atoms with Gasteiger partial charge in [0.15, 0.2) is 5.78 Å². The molecule has 1 amide bonds. The highest BCUT2D eigenvalue weighted by molar-refractivity contribution is 6.00. The van der Waals surface area contributed by atoms with Gasteiger partial charge < -0.3 is 15.0 Å². The Hall–Kier alpha value is -2.82. The van der Waals surface area contributed by atoms with Crippen LogP contribution in [0.4, 0.5) is 11.4 Å². The van der Waals surface area contributed by atoms with E-state index in [0.29, 0.717) is 12.2 Å². The normalized spacial score (nSPS) is 13.4. The molecule has 3 rings (SSSR count). The maximum atomic E-state index is 12.3. The lowest BCUT2D eigenvalue weighted by Crippen LogP contribution is -2.19. The monoisotopic (exact) mass is 380 g/mol. The molecular weight excluding hydrogens is 352 g/mol. The smallest absolute Gasteiger partial charge is 0.224 e. The van der Waals surface area contributed by atoms with Gasteiger partial charge in [-0.05, 0) is 74.7 Å². The summed E-state index contributed by atoms with van der Waals surface area (Å²) in [7, 11) is 0. The predicted octanol–water partition coefficient (Wildman–Crippen LogP) is 4.60. The summed E-state index contributed by atoms with van der Waals surface area (Å²) in [6.07, 6.45) is 2.82. The van der Waals surface area contributed by atoms with Crippen LogP contribution in [0.15, 0.2) is 42.5 Å². The van der Waals surface area contributed by atoms with Crippen LogP contribution in [0, 0.1) is 6.92 Å². The van der Waals surface area contributed by atoms with Gasteiger partial charge >= 0.3 is 0 Å². The minimum absolute atomic E-state index is 0.0428. The molecule has 1 N–H and O–H groups in total. The van der Waals surface area contributed by atoms with Crippen molar-refractivity contribution in [3.63, 3.8) is 0 Å². The molecule has 0 atom stereocenters. The molecule has 0 aliphatic carbocycles. The third-order valence-corrected chi connectivity index (χ3v) is 4.99. The molecule has 1 fully saturated rings. The highest BCUT2D eigenvalue weighted by Crippen LogP contribution is 2.26. The number of anilines is 2. The number of nitrogens with one attached hydrogen (secondary N) is 1. The van der Waals surface area contributed by atoms with Gasteiger partial charge in [-0.3, -0.25) is 9.59 Å². The largest absolute Gasteiger partial charge is 0.494 e. The second-order valence-corrected chi connectivity index (χ2v) is 7.12. The van der Waals surface area contributed by atoms with E-state index < -0.39 is 0 Å². The fourth-order valence-electron chi connectivity index (χ4n) is 3.54. The number of ether oxygens (including phenoxy) is 1. The molecule has 5 nitrogen and oxygen atoms in total. The molecule has 2 aromatic carbocycles. The Labute approximate surface area is 166 Å². The summed E-state index contributed by atoms with van der Waals surface area (Å²) in [6.45, 7) is 6.77. The zero-order valence-electron chi connectivity index (χ0n) is 16.7. The Morgan fingerprint density at radius 3 is 2.39 bits per heavy atom. The van der Waals surface area contributed by atoms with Crippen molar-refractivity contribution in [1.82, 2.24) is 0 Å². The summed E-state index contributed by atoms with van der Waals surface area (Å²) in [5.74, 6) is 0.552. The van der Waals surface area contributed by atoms with Gasteiger partial charge in [-0.15, -0.1) is 0 Å². The van der Waals surface area contributed by atoms with Gasteiger partial charge in [0.25, 0.3) is 0 Å². The summed E-state index contributed by atoms with van der Waals surface area (Å²) in [4.78, 5) is 26.9. The van der Waals surface area contributed by atoms with Crippen LogP contribution in [0.1, 0.15) is 48.5 Å². The molecule has 1 heterocycles. The molecule has 0 unspecified atom stereocenters. The topological polar surface area (TPSA) is 58.6 Å². The van der Waals surface area contributed by atoms with Gasteiger partial charge in [0, 0.05) is 42.9 Å². The first-order valence-electron chi connectivity index (χ1n) is 9.98.